The minimum Gasteiger partial charge on any atom is -0.497 e. The Morgan fingerprint density at radius 3 is 2.24 bits per heavy atom. The molecule has 1 N–H and O–H groups in total. The number of anilines is 1. The van der Waals surface area contributed by atoms with Crippen LogP contribution < -0.4 is 15.1 Å². The van der Waals surface area contributed by atoms with Crippen molar-refractivity contribution in [3.63, 3.8) is 0 Å². The largest absolute Gasteiger partial charge is 0.497 e. The Hall–Kier alpha value is -5.64. The van der Waals surface area contributed by atoms with Crippen molar-refractivity contribution in [3.05, 3.63) is 134 Å². The number of methoxy groups -OCH3 is 1. The summed E-state index contributed by atoms with van der Waals surface area (Å²) in [5.41, 5.74) is 5.82. The predicted octanol–water partition coefficient (Wildman–Crippen LogP) is 4.81. The number of carbonyl (C=O) groups excluding carboxylic acids is 3. The molecule has 3 amide bonds. The zero-order valence-electron chi connectivity index (χ0n) is 24.5. The number of nitrogens with one attached hydrogen (secondary N) is 1. The van der Waals surface area contributed by atoms with Gasteiger partial charge in [0.15, 0.2) is 0 Å². The van der Waals surface area contributed by atoms with Gasteiger partial charge in [-0.1, -0.05) is 66.7 Å². The molecule has 0 aromatic heterocycles. The van der Waals surface area contributed by atoms with Gasteiger partial charge in [-0.15, -0.1) is 0 Å². The summed E-state index contributed by atoms with van der Waals surface area (Å²) < 4.78 is 5.19. The van der Waals surface area contributed by atoms with Gasteiger partial charge in [0.2, 0.25) is 17.7 Å². The minimum atomic E-state index is -1.22. The van der Waals surface area contributed by atoms with Crippen LogP contribution >= 0.6 is 0 Å². The van der Waals surface area contributed by atoms with Crippen molar-refractivity contribution in [2.24, 2.45) is 16.9 Å². The van der Waals surface area contributed by atoms with Crippen molar-refractivity contribution < 1.29 is 24.0 Å². The van der Waals surface area contributed by atoms with Crippen LogP contribution in [0, 0.1) is 28.9 Å². The first-order valence-corrected chi connectivity index (χ1v) is 14.5. The van der Waals surface area contributed by atoms with Gasteiger partial charge in [0.05, 0.1) is 35.7 Å². The molecule has 0 saturated carbocycles. The third kappa shape index (κ3) is 4.16. The Bertz CT molecular complexity index is 1890. The van der Waals surface area contributed by atoms with E-state index in [1.807, 2.05) is 48.5 Å². The lowest BCUT2D eigenvalue weighted by Crippen LogP contribution is -2.54. The van der Waals surface area contributed by atoms with E-state index in [-0.39, 0.29) is 23.7 Å². The third-order valence-electron chi connectivity index (χ3n) is 9.23. The van der Waals surface area contributed by atoms with Gasteiger partial charge in [-0.2, -0.15) is 5.10 Å². The van der Waals surface area contributed by atoms with Crippen molar-refractivity contribution in [1.29, 1.82) is 0 Å². The molecule has 1 heterocycles. The third-order valence-corrected chi connectivity index (χ3v) is 9.23. The first-order valence-electron chi connectivity index (χ1n) is 14.5. The van der Waals surface area contributed by atoms with E-state index in [4.69, 9.17) is 4.74 Å². The molecular weight excluding hydrogens is 572 g/mol. The number of carbonyl (C=O) groups is 3. The number of hydrogen-bond acceptors (Lipinski definition) is 7. The van der Waals surface area contributed by atoms with Gasteiger partial charge >= 0.3 is 0 Å². The first-order chi connectivity index (χ1) is 21.8. The summed E-state index contributed by atoms with van der Waals surface area (Å²) in [5.74, 6) is -2.92. The van der Waals surface area contributed by atoms with E-state index in [1.54, 1.807) is 50.6 Å². The molecule has 45 heavy (non-hydrogen) atoms. The van der Waals surface area contributed by atoms with Crippen molar-refractivity contribution >= 4 is 35.3 Å². The number of hydrazone groups is 1. The summed E-state index contributed by atoms with van der Waals surface area (Å²) in [4.78, 5) is 54.3. The smallest absolute Gasteiger partial charge is 0.293 e. The summed E-state index contributed by atoms with van der Waals surface area (Å²) in [6.07, 6.45) is 1.64. The van der Waals surface area contributed by atoms with Crippen LogP contribution in [-0.2, 0) is 26.2 Å². The average Bonchev–Trinajstić information content (AvgIpc) is 3.32. The van der Waals surface area contributed by atoms with Gasteiger partial charge in [-0.25, -0.2) is 10.3 Å². The van der Waals surface area contributed by atoms with Gasteiger partial charge in [0.25, 0.3) is 5.69 Å². The van der Waals surface area contributed by atoms with Crippen LogP contribution in [0.25, 0.3) is 0 Å². The summed E-state index contributed by atoms with van der Waals surface area (Å²) >= 11 is 0. The van der Waals surface area contributed by atoms with E-state index in [1.165, 1.54) is 12.1 Å². The summed E-state index contributed by atoms with van der Waals surface area (Å²) in [6.45, 7) is 1.71. The Morgan fingerprint density at radius 2 is 1.62 bits per heavy atom. The molecule has 10 nitrogen and oxygen atoms in total. The molecule has 1 aliphatic heterocycles. The van der Waals surface area contributed by atoms with Crippen LogP contribution in [0.15, 0.2) is 96.1 Å². The van der Waals surface area contributed by atoms with Crippen LogP contribution in [0.5, 0.6) is 5.75 Å². The fourth-order valence-electron chi connectivity index (χ4n) is 7.43. The number of hydrogen-bond donors (Lipinski definition) is 1. The highest BCUT2D eigenvalue weighted by atomic mass is 16.6. The van der Waals surface area contributed by atoms with E-state index in [2.05, 4.69) is 10.5 Å². The Balaban J connectivity index is 1.34. The zero-order valence-corrected chi connectivity index (χ0v) is 24.5. The molecule has 2 unspecified atom stereocenters. The van der Waals surface area contributed by atoms with Crippen LogP contribution in [0.3, 0.4) is 0 Å². The van der Waals surface area contributed by atoms with E-state index in [0.717, 1.165) is 32.7 Å². The van der Waals surface area contributed by atoms with Gasteiger partial charge in [-0.05, 0) is 58.5 Å². The second-order valence-electron chi connectivity index (χ2n) is 11.6. The van der Waals surface area contributed by atoms with Crippen LogP contribution in [-0.4, -0.2) is 36.0 Å². The van der Waals surface area contributed by atoms with Crippen LogP contribution in [0.4, 0.5) is 11.4 Å². The Labute approximate surface area is 258 Å². The standard InChI is InChI=1S/C35H28N4O6/c1-20-11-16-27(28(17-20)39(43)44)38-33(41)31-30-23-7-3-5-9-25(23)35(32(31)34(38)42,26-10-6-4-8-24(26)30)19-36-37-29(40)18-21-12-14-22(45-2)15-13-21/h3-17,19,30-32H,18H2,1-2H3,(H,37,40)/b36-19+. The lowest BCUT2D eigenvalue weighted by molar-refractivity contribution is -0.384. The molecule has 3 aliphatic carbocycles. The molecular formula is C35H28N4O6. The number of ether oxygens (including phenoxy) is 1. The molecule has 0 radical (unpaired) electrons. The number of nitrogens with zero attached hydrogens (tertiary/aromatic N) is 3. The summed E-state index contributed by atoms with van der Waals surface area (Å²) in [6, 6.07) is 26.9. The highest BCUT2D eigenvalue weighted by molar-refractivity contribution is 6.25. The molecule has 0 spiro atoms. The van der Waals surface area contributed by atoms with Crippen molar-refractivity contribution in [2.75, 3.05) is 12.0 Å². The van der Waals surface area contributed by atoms with Crippen molar-refractivity contribution in [3.8, 4) is 5.75 Å². The Kier molecular flexibility index (Phi) is 6.58. The fraction of sp³-hybridized carbons (Fsp3) is 0.200. The maximum absolute atomic E-state index is 14.5. The van der Waals surface area contributed by atoms with E-state index in [9.17, 15) is 24.5 Å². The molecule has 2 bridgehead atoms. The minimum absolute atomic E-state index is 0.0533. The Morgan fingerprint density at radius 1 is 0.978 bits per heavy atom. The molecule has 2 atom stereocenters. The molecule has 10 heteroatoms. The second kappa shape index (κ2) is 10.5. The number of imide groups is 1. The molecule has 4 aromatic carbocycles. The van der Waals surface area contributed by atoms with E-state index < -0.39 is 39.9 Å². The molecule has 1 saturated heterocycles. The number of nitro groups is 1. The normalized spacial score (nSPS) is 22.6. The van der Waals surface area contributed by atoms with Gasteiger partial charge in [-0.3, -0.25) is 24.5 Å². The highest BCUT2D eigenvalue weighted by Gasteiger charge is 2.68. The van der Waals surface area contributed by atoms with Gasteiger partial charge in [0, 0.05) is 18.2 Å². The molecule has 8 rings (SSSR count). The maximum Gasteiger partial charge on any atom is 0.293 e. The lowest BCUT2D eigenvalue weighted by atomic mass is 9.47. The number of rotatable bonds is 7. The number of amides is 3. The average molecular weight is 601 g/mol. The second-order valence-corrected chi connectivity index (χ2v) is 11.6. The van der Waals surface area contributed by atoms with Crippen LogP contribution in [0.2, 0.25) is 0 Å². The molecule has 1 fully saturated rings. The molecule has 224 valence electrons. The predicted molar refractivity (Wildman–Crippen MR) is 166 cm³/mol. The fourth-order valence-corrected chi connectivity index (χ4v) is 7.43. The quantitative estimate of drug-likeness (QED) is 0.140. The number of nitro benzene ring substituents is 1. The lowest BCUT2D eigenvalue weighted by Gasteiger charge is -2.52. The maximum atomic E-state index is 14.5. The van der Waals surface area contributed by atoms with E-state index >= 15 is 0 Å². The topological polar surface area (TPSA) is 131 Å². The number of benzene rings is 4. The summed E-state index contributed by atoms with van der Waals surface area (Å²) in [7, 11) is 1.57. The zero-order chi connectivity index (χ0) is 31.5. The van der Waals surface area contributed by atoms with Crippen LogP contribution in [0.1, 0.15) is 39.3 Å². The first kappa shape index (κ1) is 28.1. The number of aryl methyl sites for hydroxylation is 1. The SMILES string of the molecule is COc1ccc(CC(=O)N/N=C/C23c4ccccc4C(c4ccccc42)C2C(=O)N(c4ccc(C)cc4[N+](=O)[O-])C(=O)C23)cc1. The molecule has 4 aromatic rings. The van der Waals surface area contributed by atoms with E-state index in [0.29, 0.717) is 11.3 Å². The van der Waals surface area contributed by atoms with Gasteiger partial charge < -0.3 is 4.74 Å². The molecule has 4 aliphatic rings. The van der Waals surface area contributed by atoms with Crippen molar-refractivity contribution in [2.45, 2.75) is 24.7 Å². The monoisotopic (exact) mass is 600 g/mol. The summed E-state index contributed by atoms with van der Waals surface area (Å²) in [5, 5.41) is 16.5. The van der Waals surface area contributed by atoms with Gasteiger partial charge in [0.1, 0.15) is 11.4 Å². The highest BCUT2D eigenvalue weighted by Crippen LogP contribution is 2.64. The van der Waals surface area contributed by atoms with Crippen molar-refractivity contribution in [1.82, 2.24) is 5.43 Å².